The summed E-state index contributed by atoms with van der Waals surface area (Å²) in [5, 5.41) is 14.3. The minimum atomic E-state index is -1.16. The van der Waals surface area contributed by atoms with E-state index in [0.717, 1.165) is 24.7 Å². The van der Waals surface area contributed by atoms with Crippen molar-refractivity contribution < 1.29 is 19.1 Å². The van der Waals surface area contributed by atoms with Crippen molar-refractivity contribution in [3.8, 4) is 0 Å². The van der Waals surface area contributed by atoms with Gasteiger partial charge in [0.1, 0.15) is 5.82 Å². The Labute approximate surface area is 122 Å². The average Bonchev–Trinajstić information content (AvgIpc) is 2.94. The second-order valence-electron chi connectivity index (χ2n) is 5.33. The monoisotopic (exact) mass is 294 g/mol. The van der Waals surface area contributed by atoms with Crippen molar-refractivity contribution in [1.82, 2.24) is 5.32 Å². The summed E-state index contributed by atoms with van der Waals surface area (Å²) in [5.74, 6) is -1.58. The summed E-state index contributed by atoms with van der Waals surface area (Å²) in [5.41, 5.74) is -0.173. The summed E-state index contributed by atoms with van der Waals surface area (Å²) in [6, 6.07) is 3.31. The maximum absolute atomic E-state index is 13.5. The minimum absolute atomic E-state index is 0.0642. The third kappa shape index (κ3) is 4.53. The largest absolute Gasteiger partial charge is 0.478 e. The van der Waals surface area contributed by atoms with Gasteiger partial charge >= 0.3 is 5.97 Å². The number of carbonyl (C=O) groups excluding carboxylic acids is 1. The number of carboxylic acids is 1. The van der Waals surface area contributed by atoms with Crippen molar-refractivity contribution in [3.63, 3.8) is 0 Å². The summed E-state index contributed by atoms with van der Waals surface area (Å²) in [6.07, 6.45) is 4.85. The van der Waals surface area contributed by atoms with E-state index in [4.69, 9.17) is 5.11 Å². The number of anilines is 1. The van der Waals surface area contributed by atoms with Gasteiger partial charge in [-0.15, -0.1) is 0 Å². The van der Waals surface area contributed by atoms with E-state index in [2.05, 4.69) is 10.6 Å². The lowest BCUT2D eigenvalue weighted by atomic mass is 10.1. The Morgan fingerprint density at radius 2 is 2.00 bits per heavy atom. The van der Waals surface area contributed by atoms with Crippen LogP contribution in [0.1, 0.15) is 36.0 Å². The lowest BCUT2D eigenvalue weighted by Gasteiger charge is -2.11. The summed E-state index contributed by atoms with van der Waals surface area (Å²) in [4.78, 5) is 22.6. The number of halogens is 1. The summed E-state index contributed by atoms with van der Waals surface area (Å²) >= 11 is 0. The molecule has 21 heavy (non-hydrogen) atoms. The van der Waals surface area contributed by atoms with Crippen LogP contribution in [0, 0.1) is 11.7 Å². The zero-order chi connectivity index (χ0) is 15.2. The predicted octanol–water partition coefficient (Wildman–Crippen LogP) is 2.24. The maximum atomic E-state index is 13.5. The third-order valence-corrected chi connectivity index (χ3v) is 3.68. The molecule has 0 heterocycles. The van der Waals surface area contributed by atoms with Crippen LogP contribution >= 0.6 is 0 Å². The Hall–Kier alpha value is -1.95. The molecule has 3 N–H and O–H groups in total. The molecule has 1 fully saturated rings. The molecule has 0 spiro atoms. The van der Waals surface area contributed by atoms with E-state index >= 15 is 0 Å². The molecule has 0 atom stereocenters. The van der Waals surface area contributed by atoms with E-state index in [0.29, 0.717) is 5.92 Å². The molecule has 1 aliphatic rings. The molecule has 1 aliphatic carbocycles. The first-order valence-electron chi connectivity index (χ1n) is 7.09. The van der Waals surface area contributed by atoms with Crippen LogP contribution in [-0.4, -0.2) is 30.1 Å². The normalized spacial score (nSPS) is 15.1. The van der Waals surface area contributed by atoms with E-state index in [1.165, 1.54) is 25.7 Å². The molecule has 0 aliphatic heterocycles. The van der Waals surface area contributed by atoms with Crippen molar-refractivity contribution in [3.05, 3.63) is 29.6 Å². The fraction of sp³-hybridized carbons (Fsp3) is 0.467. The van der Waals surface area contributed by atoms with Crippen LogP contribution in [0.3, 0.4) is 0 Å². The van der Waals surface area contributed by atoms with Gasteiger partial charge < -0.3 is 15.7 Å². The topological polar surface area (TPSA) is 78.4 Å². The smallest absolute Gasteiger partial charge is 0.335 e. The second-order valence-corrected chi connectivity index (χ2v) is 5.33. The number of aromatic carboxylic acids is 1. The average molecular weight is 294 g/mol. The van der Waals surface area contributed by atoms with Crippen LogP contribution in [0.5, 0.6) is 0 Å². The zero-order valence-corrected chi connectivity index (χ0v) is 11.7. The Kier molecular flexibility index (Phi) is 5.27. The first-order chi connectivity index (χ1) is 10.1. The maximum Gasteiger partial charge on any atom is 0.335 e. The first kappa shape index (κ1) is 15.4. The molecule has 2 rings (SSSR count). The highest BCUT2D eigenvalue weighted by Crippen LogP contribution is 2.23. The second kappa shape index (κ2) is 7.17. The van der Waals surface area contributed by atoms with Crippen LogP contribution in [0.4, 0.5) is 10.1 Å². The van der Waals surface area contributed by atoms with Crippen molar-refractivity contribution in [2.75, 3.05) is 18.4 Å². The number of nitrogens with one attached hydrogen (secondary N) is 2. The van der Waals surface area contributed by atoms with Crippen LogP contribution in [-0.2, 0) is 4.79 Å². The molecular weight excluding hydrogens is 275 g/mol. The summed E-state index contributed by atoms with van der Waals surface area (Å²) in [6.45, 7) is 0.873. The van der Waals surface area contributed by atoms with Gasteiger partial charge in [-0.2, -0.15) is 0 Å². The van der Waals surface area contributed by atoms with Gasteiger partial charge in [0.05, 0.1) is 17.8 Å². The predicted molar refractivity (Wildman–Crippen MR) is 76.8 cm³/mol. The van der Waals surface area contributed by atoms with Crippen molar-refractivity contribution in [1.29, 1.82) is 0 Å². The molecule has 0 aromatic heterocycles. The van der Waals surface area contributed by atoms with E-state index in [1.807, 2.05) is 0 Å². The molecule has 114 valence electrons. The fourth-order valence-electron chi connectivity index (χ4n) is 2.55. The Morgan fingerprint density at radius 3 is 2.67 bits per heavy atom. The summed E-state index contributed by atoms with van der Waals surface area (Å²) in [7, 11) is 0. The third-order valence-electron chi connectivity index (χ3n) is 3.68. The number of amides is 1. The molecule has 0 unspecified atom stereocenters. The Balaban J connectivity index is 1.84. The van der Waals surface area contributed by atoms with Crippen molar-refractivity contribution >= 4 is 17.6 Å². The Bertz CT molecular complexity index is 528. The van der Waals surface area contributed by atoms with Gasteiger partial charge in [-0.3, -0.25) is 4.79 Å². The molecular formula is C15H19FN2O3. The highest BCUT2D eigenvalue weighted by atomic mass is 19.1. The number of rotatable bonds is 6. The van der Waals surface area contributed by atoms with E-state index in [-0.39, 0.29) is 23.7 Å². The minimum Gasteiger partial charge on any atom is -0.478 e. The van der Waals surface area contributed by atoms with Gasteiger partial charge in [0.2, 0.25) is 5.91 Å². The molecule has 0 saturated heterocycles. The van der Waals surface area contributed by atoms with Crippen molar-refractivity contribution in [2.45, 2.75) is 25.7 Å². The van der Waals surface area contributed by atoms with Gasteiger partial charge in [0.15, 0.2) is 0 Å². The molecule has 5 nitrogen and oxygen atoms in total. The summed E-state index contributed by atoms with van der Waals surface area (Å²) < 4.78 is 13.5. The van der Waals surface area contributed by atoms with Crippen molar-refractivity contribution in [2.24, 2.45) is 5.92 Å². The SMILES string of the molecule is O=C(CNCC1CCCC1)Nc1cc(C(=O)O)ccc1F. The van der Waals surface area contributed by atoms with E-state index in [1.54, 1.807) is 0 Å². The molecule has 1 aromatic rings. The molecule has 1 aromatic carbocycles. The van der Waals surface area contributed by atoms with Crippen LogP contribution in [0.25, 0.3) is 0 Å². The number of benzene rings is 1. The van der Waals surface area contributed by atoms with Gasteiger partial charge in [0, 0.05) is 0 Å². The van der Waals surface area contributed by atoms with Gasteiger partial charge in [-0.1, -0.05) is 12.8 Å². The van der Waals surface area contributed by atoms with Gasteiger partial charge in [-0.25, -0.2) is 9.18 Å². The number of hydrogen-bond acceptors (Lipinski definition) is 3. The Morgan fingerprint density at radius 1 is 1.29 bits per heavy atom. The molecule has 1 amide bonds. The van der Waals surface area contributed by atoms with Gasteiger partial charge in [-0.05, 0) is 43.5 Å². The first-order valence-corrected chi connectivity index (χ1v) is 7.09. The number of hydrogen-bond donors (Lipinski definition) is 3. The van der Waals surface area contributed by atoms with Crippen LogP contribution in [0.15, 0.2) is 18.2 Å². The number of carboxylic acid groups (broad SMARTS) is 1. The molecule has 0 bridgehead atoms. The standard InChI is InChI=1S/C15H19FN2O3/c16-12-6-5-11(15(20)21)7-13(12)18-14(19)9-17-8-10-3-1-2-4-10/h5-7,10,17H,1-4,8-9H2,(H,18,19)(H,20,21). The lowest BCUT2D eigenvalue weighted by Crippen LogP contribution is -2.31. The quantitative estimate of drug-likeness (QED) is 0.752. The lowest BCUT2D eigenvalue weighted by molar-refractivity contribution is -0.115. The fourth-order valence-corrected chi connectivity index (χ4v) is 2.55. The van der Waals surface area contributed by atoms with E-state index < -0.39 is 11.8 Å². The zero-order valence-electron chi connectivity index (χ0n) is 11.7. The van der Waals surface area contributed by atoms with E-state index in [9.17, 15) is 14.0 Å². The highest BCUT2D eigenvalue weighted by Gasteiger charge is 2.15. The molecule has 0 radical (unpaired) electrons. The van der Waals surface area contributed by atoms with Crippen LogP contribution < -0.4 is 10.6 Å². The van der Waals surface area contributed by atoms with Crippen LogP contribution in [0.2, 0.25) is 0 Å². The number of carbonyl (C=O) groups is 2. The van der Waals surface area contributed by atoms with Gasteiger partial charge in [0.25, 0.3) is 0 Å². The molecule has 1 saturated carbocycles. The molecule has 6 heteroatoms. The highest BCUT2D eigenvalue weighted by molar-refractivity contribution is 5.94.